The zero-order valence-corrected chi connectivity index (χ0v) is 8.88. The first-order chi connectivity index (χ1) is 6.83. The molecule has 3 rings (SSSR count). The molecule has 0 spiro atoms. The number of hydrogen-bond donors (Lipinski definition) is 0. The molecular formula is C14H16. The first-order valence-electron chi connectivity index (χ1n) is 5.60. The number of fused-ring (bicyclic) bond motifs is 3. The third-order valence-electron chi connectivity index (χ3n) is 3.88. The van der Waals surface area contributed by atoms with Crippen LogP contribution in [0.25, 0.3) is 0 Å². The lowest BCUT2D eigenvalue weighted by molar-refractivity contribution is 0.877. The molecule has 0 amide bonds. The summed E-state index contributed by atoms with van der Waals surface area (Å²) in [5.74, 6) is 1.69. The lowest BCUT2D eigenvalue weighted by Crippen LogP contribution is -1.87. The highest BCUT2D eigenvalue weighted by Crippen LogP contribution is 2.62. The second kappa shape index (κ2) is 2.73. The van der Waals surface area contributed by atoms with Gasteiger partial charge in [0.05, 0.1) is 0 Å². The highest BCUT2D eigenvalue weighted by molar-refractivity contribution is 5.56. The van der Waals surface area contributed by atoms with Crippen LogP contribution < -0.4 is 0 Å². The van der Waals surface area contributed by atoms with Crippen molar-refractivity contribution in [2.24, 2.45) is 5.92 Å². The van der Waals surface area contributed by atoms with E-state index in [0.717, 1.165) is 11.8 Å². The summed E-state index contributed by atoms with van der Waals surface area (Å²) in [6.45, 7) is 4.57. The third-order valence-corrected chi connectivity index (χ3v) is 3.88. The molecule has 0 heteroatoms. The Morgan fingerprint density at radius 1 is 1.36 bits per heavy atom. The number of hydrogen-bond acceptors (Lipinski definition) is 0. The van der Waals surface area contributed by atoms with E-state index in [1.54, 1.807) is 22.3 Å². The minimum absolute atomic E-state index is 0.811. The van der Waals surface area contributed by atoms with Crippen LogP contribution in [0.3, 0.4) is 0 Å². The minimum atomic E-state index is 0.811. The normalized spacial score (nSPS) is 31.0. The highest BCUT2D eigenvalue weighted by atomic mass is 14.5. The van der Waals surface area contributed by atoms with Gasteiger partial charge in [0, 0.05) is 5.92 Å². The summed E-state index contributed by atoms with van der Waals surface area (Å²) in [5, 5.41) is 0. The summed E-state index contributed by atoms with van der Waals surface area (Å²) < 4.78 is 0. The molecule has 0 nitrogen and oxygen atoms in total. The average Bonchev–Trinajstić information content (AvgIpc) is 2.81. The fraction of sp³-hybridized carbons (Fsp3) is 0.429. The van der Waals surface area contributed by atoms with E-state index in [4.69, 9.17) is 0 Å². The molecule has 1 aromatic carbocycles. The van der Waals surface area contributed by atoms with E-state index in [9.17, 15) is 0 Å². The van der Waals surface area contributed by atoms with Crippen molar-refractivity contribution < 1.29 is 0 Å². The van der Waals surface area contributed by atoms with Gasteiger partial charge in [0.25, 0.3) is 0 Å². The molecular weight excluding hydrogens is 168 g/mol. The highest BCUT2D eigenvalue weighted by Gasteiger charge is 2.50. The number of benzene rings is 1. The fourth-order valence-electron chi connectivity index (χ4n) is 2.98. The molecule has 1 fully saturated rings. The lowest BCUT2D eigenvalue weighted by atomic mass is 10.0. The van der Waals surface area contributed by atoms with Gasteiger partial charge in [-0.05, 0) is 36.8 Å². The summed E-state index contributed by atoms with van der Waals surface area (Å²) in [5.41, 5.74) is 6.59. The Labute approximate surface area is 85.6 Å². The topological polar surface area (TPSA) is 0 Å². The molecule has 0 unspecified atom stereocenters. The van der Waals surface area contributed by atoms with Crippen molar-refractivity contribution in [2.45, 2.75) is 32.6 Å². The maximum absolute atomic E-state index is 2.32. The van der Waals surface area contributed by atoms with Crippen LogP contribution in [0, 0.1) is 5.92 Å². The van der Waals surface area contributed by atoms with Crippen LogP contribution in [0.1, 0.15) is 37.3 Å². The lowest BCUT2D eigenvalue weighted by Gasteiger charge is -2.03. The SMILES string of the molecule is CC/C(C)=C1\[C@@H]2Cc3ccccc3[C@H]12. The zero-order valence-electron chi connectivity index (χ0n) is 8.88. The minimum Gasteiger partial charge on any atom is -0.0734 e. The molecule has 0 heterocycles. The monoisotopic (exact) mass is 184 g/mol. The van der Waals surface area contributed by atoms with Gasteiger partial charge in [-0.1, -0.05) is 42.3 Å². The Morgan fingerprint density at radius 2 is 2.14 bits per heavy atom. The first kappa shape index (κ1) is 8.28. The van der Waals surface area contributed by atoms with Crippen molar-refractivity contribution in [1.82, 2.24) is 0 Å². The van der Waals surface area contributed by atoms with Gasteiger partial charge in [-0.25, -0.2) is 0 Å². The Bertz CT molecular complexity index is 412. The fourth-order valence-corrected chi connectivity index (χ4v) is 2.98. The van der Waals surface area contributed by atoms with Gasteiger partial charge < -0.3 is 0 Å². The van der Waals surface area contributed by atoms with Crippen molar-refractivity contribution in [2.75, 3.05) is 0 Å². The van der Waals surface area contributed by atoms with Gasteiger partial charge in [-0.3, -0.25) is 0 Å². The quantitative estimate of drug-likeness (QED) is 0.584. The van der Waals surface area contributed by atoms with Gasteiger partial charge in [0.2, 0.25) is 0 Å². The van der Waals surface area contributed by atoms with E-state index in [1.807, 2.05) is 0 Å². The molecule has 72 valence electrons. The smallest absolute Gasteiger partial charge is 0.0126 e. The molecule has 0 saturated heterocycles. The van der Waals surface area contributed by atoms with Gasteiger partial charge in [-0.2, -0.15) is 0 Å². The second-order valence-corrected chi connectivity index (χ2v) is 4.58. The molecule has 0 bridgehead atoms. The molecule has 2 aliphatic carbocycles. The van der Waals surface area contributed by atoms with Gasteiger partial charge in [-0.15, -0.1) is 0 Å². The predicted molar refractivity (Wildman–Crippen MR) is 59.4 cm³/mol. The number of rotatable bonds is 1. The maximum Gasteiger partial charge on any atom is 0.0126 e. The summed E-state index contributed by atoms with van der Waals surface area (Å²) in [6.07, 6.45) is 2.53. The van der Waals surface area contributed by atoms with Crippen LogP contribution in [0.15, 0.2) is 35.4 Å². The molecule has 1 aromatic rings. The largest absolute Gasteiger partial charge is 0.0734 e. The zero-order chi connectivity index (χ0) is 9.71. The van der Waals surface area contributed by atoms with Crippen LogP contribution in [0.2, 0.25) is 0 Å². The Hall–Kier alpha value is -1.04. The summed E-state index contributed by atoms with van der Waals surface area (Å²) >= 11 is 0. The molecule has 14 heavy (non-hydrogen) atoms. The Balaban J connectivity index is 2.02. The van der Waals surface area contributed by atoms with E-state index in [-0.39, 0.29) is 0 Å². The van der Waals surface area contributed by atoms with Crippen LogP contribution in [-0.2, 0) is 6.42 Å². The molecule has 0 aliphatic heterocycles. The van der Waals surface area contributed by atoms with E-state index in [0.29, 0.717) is 0 Å². The molecule has 2 aliphatic rings. The second-order valence-electron chi connectivity index (χ2n) is 4.58. The van der Waals surface area contributed by atoms with E-state index in [2.05, 4.69) is 38.1 Å². The van der Waals surface area contributed by atoms with Gasteiger partial charge in [0.15, 0.2) is 0 Å². The van der Waals surface area contributed by atoms with E-state index >= 15 is 0 Å². The maximum atomic E-state index is 2.32. The van der Waals surface area contributed by atoms with Gasteiger partial charge >= 0.3 is 0 Å². The molecule has 0 aromatic heterocycles. The molecule has 2 atom stereocenters. The van der Waals surface area contributed by atoms with Crippen molar-refractivity contribution in [3.8, 4) is 0 Å². The third kappa shape index (κ3) is 0.943. The predicted octanol–water partition coefficient (Wildman–Crippen LogP) is 3.68. The van der Waals surface area contributed by atoms with Crippen molar-refractivity contribution in [3.05, 3.63) is 46.5 Å². The summed E-state index contributed by atoms with van der Waals surface area (Å²) in [4.78, 5) is 0. The van der Waals surface area contributed by atoms with E-state index < -0.39 is 0 Å². The molecule has 0 N–H and O–H groups in total. The Morgan fingerprint density at radius 3 is 2.93 bits per heavy atom. The van der Waals surface area contributed by atoms with Crippen LogP contribution in [0.5, 0.6) is 0 Å². The molecule has 0 radical (unpaired) electrons. The Kier molecular flexibility index (Phi) is 1.61. The standard InChI is InChI=1S/C14H16/c1-3-9(2)13-12-8-10-6-4-5-7-11(10)14(12)13/h4-7,12,14H,3,8H2,1-2H3/b13-9+/t12-,14-/m0/s1. The number of allylic oxidation sites excluding steroid dienone is 2. The van der Waals surface area contributed by atoms with Crippen molar-refractivity contribution >= 4 is 0 Å². The van der Waals surface area contributed by atoms with Gasteiger partial charge in [0.1, 0.15) is 0 Å². The summed E-state index contributed by atoms with van der Waals surface area (Å²) in [6, 6.07) is 8.95. The van der Waals surface area contributed by atoms with E-state index in [1.165, 1.54) is 12.8 Å². The van der Waals surface area contributed by atoms with Crippen LogP contribution >= 0.6 is 0 Å². The van der Waals surface area contributed by atoms with Crippen molar-refractivity contribution in [1.29, 1.82) is 0 Å². The van der Waals surface area contributed by atoms with Crippen molar-refractivity contribution in [3.63, 3.8) is 0 Å². The summed E-state index contributed by atoms with van der Waals surface area (Å²) in [7, 11) is 0. The first-order valence-corrected chi connectivity index (χ1v) is 5.60. The molecule has 1 saturated carbocycles. The van der Waals surface area contributed by atoms with Crippen LogP contribution in [0.4, 0.5) is 0 Å². The average molecular weight is 184 g/mol. The van der Waals surface area contributed by atoms with Crippen LogP contribution in [-0.4, -0.2) is 0 Å².